The van der Waals surface area contributed by atoms with E-state index in [1.807, 2.05) is 12.1 Å². The molecular formula is C10H12N2O2. The fraction of sp³-hybridized carbons (Fsp3) is 0.300. The second kappa shape index (κ2) is 3.77. The molecule has 74 valence electrons. The van der Waals surface area contributed by atoms with E-state index in [-0.39, 0.29) is 12.6 Å². The predicted molar refractivity (Wildman–Crippen MR) is 52.6 cm³/mol. The molecule has 1 unspecified atom stereocenters. The second-order valence-electron chi connectivity index (χ2n) is 3.16. The highest BCUT2D eigenvalue weighted by atomic mass is 16.3. The van der Waals surface area contributed by atoms with Crippen LogP contribution >= 0.6 is 0 Å². The predicted octanol–water partition coefficient (Wildman–Crippen LogP) is 1.21. The maximum absolute atomic E-state index is 8.78. The Bertz CT molecular complexity index is 425. The first-order valence-electron chi connectivity index (χ1n) is 4.51. The molecule has 14 heavy (non-hydrogen) atoms. The topological polar surface area (TPSA) is 72.3 Å². The highest BCUT2D eigenvalue weighted by Crippen LogP contribution is 2.24. The summed E-state index contributed by atoms with van der Waals surface area (Å²) in [6, 6.07) is 3.45. The summed E-state index contributed by atoms with van der Waals surface area (Å²) < 4.78 is 5.29. The molecule has 0 bridgehead atoms. The molecule has 2 aromatic heterocycles. The van der Waals surface area contributed by atoms with Crippen molar-refractivity contribution in [1.29, 1.82) is 0 Å². The number of aliphatic hydroxyl groups is 1. The molecule has 0 saturated heterocycles. The van der Waals surface area contributed by atoms with Gasteiger partial charge < -0.3 is 15.3 Å². The van der Waals surface area contributed by atoms with Gasteiger partial charge in [-0.1, -0.05) is 0 Å². The van der Waals surface area contributed by atoms with Gasteiger partial charge in [0.25, 0.3) is 0 Å². The number of hydrogen-bond donors (Lipinski definition) is 2. The molecule has 0 amide bonds. The summed E-state index contributed by atoms with van der Waals surface area (Å²) in [6.45, 7) is 0.0701. The zero-order valence-electron chi connectivity index (χ0n) is 7.68. The van der Waals surface area contributed by atoms with Crippen LogP contribution in [0.5, 0.6) is 0 Å². The first-order valence-corrected chi connectivity index (χ1v) is 4.51. The van der Waals surface area contributed by atoms with E-state index in [0.29, 0.717) is 6.42 Å². The molecule has 0 radical (unpaired) electrons. The van der Waals surface area contributed by atoms with Crippen molar-refractivity contribution in [3.8, 4) is 0 Å². The van der Waals surface area contributed by atoms with Gasteiger partial charge in [-0.25, -0.2) is 0 Å². The minimum Gasteiger partial charge on any atom is -0.462 e. The minimum absolute atomic E-state index is 0.0701. The number of fused-ring (bicyclic) bond motifs is 1. The molecule has 0 saturated carbocycles. The van der Waals surface area contributed by atoms with E-state index in [1.54, 1.807) is 12.5 Å². The minimum atomic E-state index is -0.212. The van der Waals surface area contributed by atoms with E-state index < -0.39 is 0 Å². The Hall–Kier alpha value is -1.39. The summed E-state index contributed by atoms with van der Waals surface area (Å²) in [5, 5.41) is 8.78. The summed E-state index contributed by atoms with van der Waals surface area (Å²) in [5.41, 5.74) is 8.23. The van der Waals surface area contributed by atoms with Crippen molar-refractivity contribution in [3.05, 3.63) is 30.2 Å². The highest BCUT2D eigenvalue weighted by molar-refractivity contribution is 5.76. The Kier molecular flexibility index (Phi) is 2.47. The van der Waals surface area contributed by atoms with Crippen molar-refractivity contribution in [2.24, 2.45) is 5.73 Å². The molecule has 0 fully saturated rings. The summed E-state index contributed by atoms with van der Waals surface area (Å²) in [5.74, 6) is 0. The number of aliphatic hydroxyl groups excluding tert-OH is 1. The van der Waals surface area contributed by atoms with Crippen LogP contribution in [0.3, 0.4) is 0 Å². The van der Waals surface area contributed by atoms with Crippen LogP contribution in [0.1, 0.15) is 18.0 Å². The summed E-state index contributed by atoms with van der Waals surface area (Å²) in [7, 11) is 0. The van der Waals surface area contributed by atoms with Crippen LogP contribution in [0, 0.1) is 0 Å². The summed E-state index contributed by atoms with van der Waals surface area (Å²) >= 11 is 0. The number of pyridine rings is 1. The van der Waals surface area contributed by atoms with E-state index in [0.717, 1.165) is 16.7 Å². The standard InChI is InChI=1S/C10H12N2O2/c11-8(3-5-13)7-6-14-9-2-1-4-12-10(7)9/h1-2,4,6,8,13H,3,5,11H2. The molecular weight excluding hydrogens is 180 g/mol. The van der Waals surface area contributed by atoms with Gasteiger partial charge in [0.2, 0.25) is 0 Å². The van der Waals surface area contributed by atoms with E-state index in [2.05, 4.69) is 4.98 Å². The van der Waals surface area contributed by atoms with Gasteiger partial charge in [-0.05, 0) is 18.6 Å². The summed E-state index contributed by atoms with van der Waals surface area (Å²) in [4.78, 5) is 4.19. The first kappa shape index (κ1) is 9.18. The van der Waals surface area contributed by atoms with Gasteiger partial charge in [-0.15, -0.1) is 0 Å². The van der Waals surface area contributed by atoms with Crippen molar-refractivity contribution in [3.63, 3.8) is 0 Å². The average molecular weight is 192 g/mol. The van der Waals surface area contributed by atoms with E-state index in [4.69, 9.17) is 15.3 Å². The van der Waals surface area contributed by atoms with E-state index in [1.165, 1.54) is 0 Å². The van der Waals surface area contributed by atoms with Crippen LogP contribution in [0.2, 0.25) is 0 Å². The zero-order chi connectivity index (χ0) is 9.97. The Labute approximate surface area is 81.4 Å². The quantitative estimate of drug-likeness (QED) is 0.766. The van der Waals surface area contributed by atoms with Crippen LogP contribution < -0.4 is 5.73 Å². The summed E-state index contributed by atoms with van der Waals surface area (Å²) in [6.07, 6.45) is 3.83. The maximum Gasteiger partial charge on any atom is 0.152 e. The van der Waals surface area contributed by atoms with Gasteiger partial charge in [-0.2, -0.15) is 0 Å². The van der Waals surface area contributed by atoms with Gasteiger partial charge in [0.05, 0.1) is 6.26 Å². The van der Waals surface area contributed by atoms with Crippen molar-refractivity contribution >= 4 is 11.1 Å². The molecule has 2 aromatic rings. The molecule has 0 aliphatic carbocycles. The molecule has 0 spiro atoms. The van der Waals surface area contributed by atoms with Gasteiger partial charge in [0.15, 0.2) is 5.58 Å². The number of furan rings is 1. The molecule has 0 aromatic carbocycles. The largest absolute Gasteiger partial charge is 0.462 e. The lowest BCUT2D eigenvalue weighted by molar-refractivity contribution is 0.276. The van der Waals surface area contributed by atoms with Crippen LogP contribution in [-0.4, -0.2) is 16.7 Å². The van der Waals surface area contributed by atoms with Crippen LogP contribution in [0.25, 0.3) is 11.1 Å². The third-order valence-electron chi connectivity index (χ3n) is 2.20. The molecule has 2 rings (SSSR count). The molecule has 1 atom stereocenters. The number of nitrogens with zero attached hydrogens (tertiary/aromatic N) is 1. The molecule has 4 nitrogen and oxygen atoms in total. The van der Waals surface area contributed by atoms with Crippen molar-refractivity contribution < 1.29 is 9.52 Å². The van der Waals surface area contributed by atoms with Crippen molar-refractivity contribution in [1.82, 2.24) is 4.98 Å². The van der Waals surface area contributed by atoms with Gasteiger partial charge in [0, 0.05) is 24.4 Å². The third kappa shape index (κ3) is 1.49. The van der Waals surface area contributed by atoms with Crippen molar-refractivity contribution in [2.45, 2.75) is 12.5 Å². The molecule has 4 heteroatoms. The number of hydrogen-bond acceptors (Lipinski definition) is 4. The van der Waals surface area contributed by atoms with E-state index in [9.17, 15) is 0 Å². The second-order valence-corrected chi connectivity index (χ2v) is 3.16. The number of nitrogens with two attached hydrogens (primary N) is 1. The van der Waals surface area contributed by atoms with Gasteiger partial charge >= 0.3 is 0 Å². The molecule has 0 aliphatic heterocycles. The lowest BCUT2D eigenvalue weighted by Gasteiger charge is -2.06. The lowest BCUT2D eigenvalue weighted by Crippen LogP contribution is -2.11. The fourth-order valence-corrected chi connectivity index (χ4v) is 1.44. The molecule has 3 N–H and O–H groups in total. The Morgan fingerprint density at radius 1 is 1.57 bits per heavy atom. The average Bonchev–Trinajstić information content (AvgIpc) is 2.61. The normalized spacial score (nSPS) is 13.3. The van der Waals surface area contributed by atoms with E-state index >= 15 is 0 Å². The first-order chi connectivity index (χ1) is 6.83. The Morgan fingerprint density at radius 2 is 2.43 bits per heavy atom. The maximum atomic E-state index is 8.78. The molecule has 0 aliphatic rings. The lowest BCUT2D eigenvalue weighted by atomic mass is 10.1. The van der Waals surface area contributed by atoms with Crippen molar-refractivity contribution in [2.75, 3.05) is 6.61 Å². The van der Waals surface area contributed by atoms with Gasteiger partial charge in [-0.3, -0.25) is 4.98 Å². The number of rotatable bonds is 3. The Balaban J connectivity index is 2.42. The van der Waals surface area contributed by atoms with Crippen LogP contribution in [-0.2, 0) is 0 Å². The monoisotopic (exact) mass is 192 g/mol. The Morgan fingerprint density at radius 3 is 3.21 bits per heavy atom. The van der Waals surface area contributed by atoms with Gasteiger partial charge in [0.1, 0.15) is 5.52 Å². The SMILES string of the molecule is NC(CCO)c1coc2cccnc12. The third-order valence-corrected chi connectivity index (χ3v) is 2.20. The highest BCUT2D eigenvalue weighted by Gasteiger charge is 2.13. The fourth-order valence-electron chi connectivity index (χ4n) is 1.44. The van der Waals surface area contributed by atoms with Crippen LogP contribution in [0.4, 0.5) is 0 Å². The molecule has 2 heterocycles. The number of aromatic nitrogens is 1. The zero-order valence-corrected chi connectivity index (χ0v) is 7.68. The van der Waals surface area contributed by atoms with Crippen LogP contribution in [0.15, 0.2) is 29.0 Å². The smallest absolute Gasteiger partial charge is 0.152 e.